The van der Waals surface area contributed by atoms with Crippen molar-refractivity contribution < 1.29 is 9.90 Å². The van der Waals surface area contributed by atoms with Crippen LogP contribution in [0.25, 0.3) is 0 Å². The third-order valence-electron chi connectivity index (χ3n) is 2.90. The van der Waals surface area contributed by atoms with Crippen LogP contribution in [0.2, 0.25) is 0 Å². The second kappa shape index (κ2) is 4.40. The normalized spacial score (nSPS) is 22.5. The molecule has 4 nitrogen and oxygen atoms in total. The number of pyridine rings is 1. The van der Waals surface area contributed by atoms with Crippen LogP contribution in [0.3, 0.4) is 0 Å². The van der Waals surface area contributed by atoms with Crippen molar-refractivity contribution in [2.45, 2.75) is 12.3 Å². The summed E-state index contributed by atoms with van der Waals surface area (Å²) < 4.78 is 0. The average Bonchev–Trinajstić information content (AvgIpc) is 2.72. The van der Waals surface area contributed by atoms with Gasteiger partial charge in [0.05, 0.1) is 5.92 Å². The molecule has 0 bridgehead atoms. The number of nitrogens with one attached hydrogen (secondary N) is 1. The molecule has 0 radical (unpaired) electrons. The van der Waals surface area contributed by atoms with E-state index in [4.69, 9.17) is 0 Å². The van der Waals surface area contributed by atoms with Crippen LogP contribution in [-0.4, -0.2) is 29.1 Å². The molecule has 0 saturated carbocycles. The van der Waals surface area contributed by atoms with Gasteiger partial charge in [-0.15, -0.1) is 0 Å². The highest BCUT2D eigenvalue weighted by atomic mass is 16.4. The zero-order valence-corrected chi connectivity index (χ0v) is 8.39. The number of aliphatic carboxylic acids is 1. The Morgan fingerprint density at radius 2 is 2.27 bits per heavy atom. The number of hydrogen-bond acceptors (Lipinski definition) is 3. The fourth-order valence-electron chi connectivity index (χ4n) is 2.15. The molecule has 2 rings (SSSR count). The predicted octanol–water partition coefficient (Wildman–Crippen LogP) is 0.859. The van der Waals surface area contributed by atoms with Crippen molar-refractivity contribution in [2.24, 2.45) is 5.92 Å². The minimum absolute atomic E-state index is 0.199. The Morgan fingerprint density at radius 1 is 1.53 bits per heavy atom. The predicted molar refractivity (Wildman–Crippen MR) is 55.6 cm³/mol. The quantitative estimate of drug-likeness (QED) is 0.770. The van der Waals surface area contributed by atoms with Gasteiger partial charge in [-0.05, 0) is 43.1 Å². The van der Waals surface area contributed by atoms with Gasteiger partial charge in [0.2, 0.25) is 0 Å². The van der Waals surface area contributed by atoms with Crippen LogP contribution in [0.5, 0.6) is 0 Å². The van der Waals surface area contributed by atoms with E-state index < -0.39 is 11.9 Å². The molecule has 0 aromatic carbocycles. The first-order chi connectivity index (χ1) is 7.29. The molecule has 1 aliphatic rings. The standard InChI is InChI=1S/C11H14N2O2/c14-11(15)10(9-3-6-13-7-9)8-1-4-12-5-2-8/h1-2,4-5,9-10,13H,3,6-7H2,(H,14,15). The Hall–Kier alpha value is -1.42. The van der Waals surface area contributed by atoms with Gasteiger partial charge in [-0.2, -0.15) is 0 Å². The fourth-order valence-corrected chi connectivity index (χ4v) is 2.15. The lowest BCUT2D eigenvalue weighted by Crippen LogP contribution is -2.23. The molecule has 0 amide bonds. The van der Waals surface area contributed by atoms with Gasteiger partial charge in [-0.25, -0.2) is 0 Å². The molecule has 80 valence electrons. The van der Waals surface area contributed by atoms with Crippen molar-refractivity contribution in [3.05, 3.63) is 30.1 Å². The maximum absolute atomic E-state index is 11.2. The lowest BCUT2D eigenvalue weighted by Gasteiger charge is -2.18. The molecule has 1 fully saturated rings. The third-order valence-corrected chi connectivity index (χ3v) is 2.90. The van der Waals surface area contributed by atoms with Crippen LogP contribution in [0, 0.1) is 5.92 Å². The number of rotatable bonds is 3. The third kappa shape index (κ3) is 2.15. The molecule has 4 heteroatoms. The average molecular weight is 206 g/mol. The summed E-state index contributed by atoms with van der Waals surface area (Å²) in [5.74, 6) is -0.942. The van der Waals surface area contributed by atoms with Crippen LogP contribution in [0.1, 0.15) is 17.9 Å². The lowest BCUT2D eigenvalue weighted by atomic mass is 9.86. The van der Waals surface area contributed by atoms with Gasteiger partial charge in [0.1, 0.15) is 0 Å². The van der Waals surface area contributed by atoms with E-state index in [1.54, 1.807) is 24.5 Å². The summed E-state index contributed by atoms with van der Waals surface area (Å²) in [7, 11) is 0. The Balaban J connectivity index is 2.23. The molecule has 1 aliphatic heterocycles. The number of carboxylic acid groups (broad SMARTS) is 1. The Morgan fingerprint density at radius 3 is 2.80 bits per heavy atom. The van der Waals surface area contributed by atoms with Crippen LogP contribution >= 0.6 is 0 Å². The minimum atomic E-state index is -0.741. The van der Waals surface area contributed by atoms with Crippen LogP contribution in [0.15, 0.2) is 24.5 Å². The highest BCUT2D eigenvalue weighted by Crippen LogP contribution is 2.28. The molecule has 15 heavy (non-hydrogen) atoms. The van der Waals surface area contributed by atoms with Gasteiger partial charge < -0.3 is 10.4 Å². The molecule has 1 aromatic heterocycles. The minimum Gasteiger partial charge on any atom is -0.481 e. The van der Waals surface area contributed by atoms with Gasteiger partial charge >= 0.3 is 5.97 Å². The van der Waals surface area contributed by atoms with E-state index in [-0.39, 0.29) is 5.92 Å². The topological polar surface area (TPSA) is 62.2 Å². The number of carboxylic acids is 1. The van der Waals surface area contributed by atoms with E-state index in [0.717, 1.165) is 25.1 Å². The van der Waals surface area contributed by atoms with Gasteiger partial charge in [-0.1, -0.05) is 0 Å². The van der Waals surface area contributed by atoms with Crippen LogP contribution in [-0.2, 0) is 4.79 Å². The second-order valence-electron chi connectivity index (χ2n) is 3.85. The Kier molecular flexibility index (Phi) is 2.97. The maximum atomic E-state index is 11.2. The van der Waals surface area contributed by atoms with Crippen molar-refractivity contribution in [2.75, 3.05) is 13.1 Å². The summed E-state index contributed by atoms with van der Waals surface area (Å²) in [5.41, 5.74) is 0.853. The van der Waals surface area contributed by atoms with E-state index >= 15 is 0 Å². The number of aromatic nitrogens is 1. The summed E-state index contributed by atoms with van der Waals surface area (Å²) in [4.78, 5) is 15.1. The lowest BCUT2D eigenvalue weighted by molar-refractivity contribution is -0.140. The van der Waals surface area contributed by atoms with E-state index in [1.807, 2.05) is 0 Å². The maximum Gasteiger partial charge on any atom is 0.311 e. The summed E-state index contributed by atoms with van der Waals surface area (Å²) in [5, 5.41) is 12.4. The molecule has 2 unspecified atom stereocenters. The van der Waals surface area contributed by atoms with Crippen molar-refractivity contribution in [1.29, 1.82) is 0 Å². The molecular formula is C11H14N2O2. The van der Waals surface area contributed by atoms with Gasteiger partial charge in [-0.3, -0.25) is 9.78 Å². The molecule has 1 saturated heterocycles. The van der Waals surface area contributed by atoms with Crippen molar-refractivity contribution in [3.8, 4) is 0 Å². The highest BCUT2D eigenvalue weighted by Gasteiger charge is 2.31. The molecule has 1 aromatic rings. The number of hydrogen-bond donors (Lipinski definition) is 2. The summed E-state index contributed by atoms with van der Waals surface area (Å²) >= 11 is 0. The molecule has 0 spiro atoms. The first kappa shape index (κ1) is 10.1. The van der Waals surface area contributed by atoms with Gasteiger partial charge in [0.15, 0.2) is 0 Å². The smallest absolute Gasteiger partial charge is 0.311 e. The first-order valence-corrected chi connectivity index (χ1v) is 5.12. The number of nitrogens with zero attached hydrogens (tertiary/aromatic N) is 1. The monoisotopic (exact) mass is 206 g/mol. The Labute approximate surface area is 88.3 Å². The van der Waals surface area contributed by atoms with Crippen molar-refractivity contribution in [3.63, 3.8) is 0 Å². The SMILES string of the molecule is O=C(O)C(c1ccncc1)C1CCNC1. The molecule has 2 heterocycles. The number of carbonyl (C=O) groups is 1. The zero-order valence-electron chi connectivity index (χ0n) is 8.39. The van der Waals surface area contributed by atoms with Crippen LogP contribution < -0.4 is 5.32 Å². The summed E-state index contributed by atoms with van der Waals surface area (Å²) in [6.07, 6.45) is 4.22. The fraction of sp³-hybridized carbons (Fsp3) is 0.455. The summed E-state index contributed by atoms with van der Waals surface area (Å²) in [6, 6.07) is 3.58. The van der Waals surface area contributed by atoms with E-state index in [1.165, 1.54) is 0 Å². The molecular weight excluding hydrogens is 192 g/mol. The summed E-state index contributed by atoms with van der Waals surface area (Å²) in [6.45, 7) is 1.71. The molecule has 2 N–H and O–H groups in total. The zero-order chi connectivity index (χ0) is 10.7. The largest absolute Gasteiger partial charge is 0.481 e. The van der Waals surface area contributed by atoms with Gasteiger partial charge in [0.25, 0.3) is 0 Å². The Bertz CT molecular complexity index is 334. The highest BCUT2D eigenvalue weighted by molar-refractivity contribution is 5.76. The van der Waals surface area contributed by atoms with Crippen molar-refractivity contribution >= 4 is 5.97 Å². The molecule has 0 aliphatic carbocycles. The second-order valence-corrected chi connectivity index (χ2v) is 3.85. The van der Waals surface area contributed by atoms with E-state index in [9.17, 15) is 9.90 Å². The van der Waals surface area contributed by atoms with E-state index in [0.29, 0.717) is 0 Å². The van der Waals surface area contributed by atoms with Crippen molar-refractivity contribution in [1.82, 2.24) is 10.3 Å². The molecule has 2 atom stereocenters. The van der Waals surface area contributed by atoms with E-state index in [2.05, 4.69) is 10.3 Å². The van der Waals surface area contributed by atoms with Crippen LogP contribution in [0.4, 0.5) is 0 Å². The van der Waals surface area contributed by atoms with Gasteiger partial charge in [0, 0.05) is 12.4 Å². The first-order valence-electron chi connectivity index (χ1n) is 5.12.